The summed E-state index contributed by atoms with van der Waals surface area (Å²) in [5.74, 6) is 0. The van der Waals surface area contributed by atoms with Gasteiger partial charge >= 0.3 is 0 Å². The molecule has 0 aliphatic carbocycles. The maximum Gasteiger partial charge on any atom is 0.0236 e. The topological polar surface area (TPSA) is 18.5 Å². The predicted octanol–water partition coefficient (Wildman–Crippen LogP) is 0.764. The van der Waals surface area contributed by atoms with E-state index in [0.29, 0.717) is 6.04 Å². The molecule has 88 valence electrons. The number of hydrogen-bond acceptors (Lipinski definition) is 3. The van der Waals surface area contributed by atoms with Crippen LogP contribution >= 0.6 is 0 Å². The van der Waals surface area contributed by atoms with Gasteiger partial charge in [0.1, 0.15) is 0 Å². The first-order valence-corrected chi connectivity index (χ1v) is 6.49. The molecule has 15 heavy (non-hydrogen) atoms. The van der Waals surface area contributed by atoms with Crippen LogP contribution in [0.5, 0.6) is 0 Å². The minimum atomic E-state index is 0.670. The lowest BCUT2D eigenvalue weighted by atomic mass is 10.2. The van der Waals surface area contributed by atoms with Crippen LogP contribution in [0, 0.1) is 0 Å². The van der Waals surface area contributed by atoms with Crippen LogP contribution in [-0.2, 0) is 0 Å². The maximum absolute atomic E-state index is 3.57. The first-order chi connectivity index (χ1) is 7.29. The highest BCUT2D eigenvalue weighted by molar-refractivity contribution is 4.86. The van der Waals surface area contributed by atoms with Gasteiger partial charge in [0, 0.05) is 25.2 Å². The van der Waals surface area contributed by atoms with Crippen molar-refractivity contribution in [3.63, 3.8) is 0 Å². The molecule has 2 fully saturated rings. The van der Waals surface area contributed by atoms with Crippen LogP contribution in [0.25, 0.3) is 0 Å². The molecule has 2 heterocycles. The Morgan fingerprint density at radius 2 is 2.13 bits per heavy atom. The Labute approximate surface area is 93.8 Å². The smallest absolute Gasteiger partial charge is 0.0236 e. The van der Waals surface area contributed by atoms with Crippen LogP contribution < -0.4 is 5.32 Å². The predicted molar refractivity (Wildman–Crippen MR) is 64.2 cm³/mol. The summed E-state index contributed by atoms with van der Waals surface area (Å²) < 4.78 is 0. The van der Waals surface area contributed by atoms with E-state index in [1.807, 2.05) is 0 Å². The molecule has 2 unspecified atom stereocenters. The molecular weight excluding hydrogens is 186 g/mol. The molecule has 0 aromatic rings. The third-order valence-corrected chi connectivity index (χ3v) is 3.83. The summed E-state index contributed by atoms with van der Waals surface area (Å²) in [4.78, 5) is 5.29. The first-order valence-electron chi connectivity index (χ1n) is 6.49. The van der Waals surface area contributed by atoms with E-state index in [1.165, 1.54) is 52.1 Å². The molecule has 0 spiro atoms. The van der Waals surface area contributed by atoms with Crippen LogP contribution in [0.3, 0.4) is 0 Å². The van der Waals surface area contributed by atoms with Crippen molar-refractivity contribution < 1.29 is 0 Å². The second kappa shape index (κ2) is 5.28. The molecule has 0 aromatic carbocycles. The zero-order chi connectivity index (χ0) is 10.7. The molecule has 0 bridgehead atoms. The van der Waals surface area contributed by atoms with Gasteiger partial charge < -0.3 is 10.2 Å². The second-order valence-electron chi connectivity index (χ2n) is 5.04. The van der Waals surface area contributed by atoms with E-state index in [2.05, 4.69) is 29.0 Å². The summed E-state index contributed by atoms with van der Waals surface area (Å²) in [5.41, 5.74) is 0. The molecule has 0 amide bonds. The summed E-state index contributed by atoms with van der Waals surface area (Å²) in [6, 6.07) is 1.50. The van der Waals surface area contributed by atoms with E-state index in [4.69, 9.17) is 0 Å². The van der Waals surface area contributed by atoms with Gasteiger partial charge in [0.2, 0.25) is 0 Å². The average Bonchev–Trinajstić information content (AvgIpc) is 2.61. The third-order valence-electron chi connectivity index (χ3n) is 3.83. The van der Waals surface area contributed by atoms with E-state index in [1.54, 1.807) is 0 Å². The summed E-state index contributed by atoms with van der Waals surface area (Å²) in [6.07, 6.45) is 2.69. The summed E-state index contributed by atoms with van der Waals surface area (Å²) in [5, 5.41) is 3.57. The molecule has 1 N–H and O–H groups in total. The normalized spacial score (nSPS) is 35.6. The minimum Gasteiger partial charge on any atom is -0.313 e. The summed E-state index contributed by atoms with van der Waals surface area (Å²) >= 11 is 0. The largest absolute Gasteiger partial charge is 0.313 e. The number of hydrogen-bond donors (Lipinski definition) is 1. The Morgan fingerprint density at radius 1 is 1.27 bits per heavy atom. The number of nitrogens with one attached hydrogen (secondary N) is 1. The molecule has 3 nitrogen and oxygen atoms in total. The van der Waals surface area contributed by atoms with Gasteiger partial charge in [0.05, 0.1) is 0 Å². The van der Waals surface area contributed by atoms with Gasteiger partial charge in [-0.15, -0.1) is 0 Å². The lowest BCUT2D eigenvalue weighted by Gasteiger charge is -2.28. The van der Waals surface area contributed by atoms with Crippen LogP contribution in [0.2, 0.25) is 0 Å². The Morgan fingerprint density at radius 3 is 2.87 bits per heavy atom. The van der Waals surface area contributed by atoms with Crippen molar-refractivity contribution in [1.29, 1.82) is 0 Å². The van der Waals surface area contributed by atoms with Crippen LogP contribution in [0.1, 0.15) is 26.7 Å². The summed E-state index contributed by atoms with van der Waals surface area (Å²) in [7, 11) is 0. The lowest BCUT2D eigenvalue weighted by Crippen LogP contribution is -2.42. The summed E-state index contributed by atoms with van der Waals surface area (Å²) in [6.45, 7) is 12.1. The Bertz CT molecular complexity index is 195. The van der Waals surface area contributed by atoms with E-state index in [9.17, 15) is 0 Å². The first kappa shape index (κ1) is 11.4. The van der Waals surface area contributed by atoms with Crippen molar-refractivity contribution >= 4 is 0 Å². The zero-order valence-electron chi connectivity index (χ0n) is 10.2. The fraction of sp³-hybridized carbons (Fsp3) is 1.00. The van der Waals surface area contributed by atoms with Crippen molar-refractivity contribution in [2.75, 3.05) is 39.3 Å². The maximum atomic E-state index is 3.57. The van der Waals surface area contributed by atoms with Gasteiger partial charge in [0.25, 0.3) is 0 Å². The van der Waals surface area contributed by atoms with Crippen molar-refractivity contribution in [3.05, 3.63) is 0 Å². The number of likely N-dealkylation sites (tertiary alicyclic amines) is 1. The van der Waals surface area contributed by atoms with Gasteiger partial charge in [-0.2, -0.15) is 0 Å². The van der Waals surface area contributed by atoms with Gasteiger partial charge in [-0.3, -0.25) is 4.90 Å². The van der Waals surface area contributed by atoms with Gasteiger partial charge in [-0.25, -0.2) is 0 Å². The second-order valence-corrected chi connectivity index (χ2v) is 5.04. The van der Waals surface area contributed by atoms with E-state index in [-0.39, 0.29) is 0 Å². The standard InChI is InChI=1S/C12H25N3/c1-3-14-8-5-12(10-14)15-7-4-6-13-11(2)9-15/h11-13H,3-10H2,1-2H3. The third kappa shape index (κ3) is 2.92. The SMILES string of the molecule is CCN1CCC(N2CCCNC(C)C2)C1. The Kier molecular flexibility index (Phi) is 4.00. The molecule has 2 rings (SSSR count). The van der Waals surface area contributed by atoms with Crippen molar-refractivity contribution in [2.45, 2.75) is 38.8 Å². The van der Waals surface area contributed by atoms with Gasteiger partial charge in [0.15, 0.2) is 0 Å². The zero-order valence-corrected chi connectivity index (χ0v) is 10.2. The molecule has 0 saturated carbocycles. The van der Waals surface area contributed by atoms with E-state index in [0.717, 1.165) is 6.04 Å². The quantitative estimate of drug-likeness (QED) is 0.728. The fourth-order valence-corrected chi connectivity index (χ4v) is 2.87. The Hall–Kier alpha value is -0.120. The Balaban J connectivity index is 1.86. The van der Waals surface area contributed by atoms with Crippen LogP contribution in [0.15, 0.2) is 0 Å². The molecule has 2 aliphatic rings. The van der Waals surface area contributed by atoms with Crippen molar-refractivity contribution in [2.24, 2.45) is 0 Å². The highest BCUT2D eigenvalue weighted by Crippen LogP contribution is 2.16. The van der Waals surface area contributed by atoms with Gasteiger partial charge in [-0.05, 0) is 45.9 Å². The molecule has 2 saturated heterocycles. The van der Waals surface area contributed by atoms with E-state index >= 15 is 0 Å². The monoisotopic (exact) mass is 211 g/mol. The van der Waals surface area contributed by atoms with E-state index < -0.39 is 0 Å². The molecule has 2 aliphatic heterocycles. The number of rotatable bonds is 2. The fourth-order valence-electron chi connectivity index (χ4n) is 2.87. The van der Waals surface area contributed by atoms with Crippen molar-refractivity contribution in [3.8, 4) is 0 Å². The molecule has 3 heteroatoms. The van der Waals surface area contributed by atoms with Gasteiger partial charge in [-0.1, -0.05) is 6.92 Å². The average molecular weight is 211 g/mol. The van der Waals surface area contributed by atoms with Crippen LogP contribution in [0.4, 0.5) is 0 Å². The lowest BCUT2D eigenvalue weighted by molar-refractivity contribution is 0.193. The minimum absolute atomic E-state index is 0.670. The molecule has 2 atom stereocenters. The molecule has 0 radical (unpaired) electrons. The van der Waals surface area contributed by atoms with Crippen molar-refractivity contribution in [1.82, 2.24) is 15.1 Å². The molecule has 0 aromatic heterocycles. The van der Waals surface area contributed by atoms with Crippen LogP contribution in [-0.4, -0.2) is 61.2 Å². The number of nitrogens with zero attached hydrogens (tertiary/aromatic N) is 2. The number of likely N-dealkylation sites (N-methyl/N-ethyl adjacent to an activating group) is 1. The molecular formula is C12H25N3. The highest BCUT2D eigenvalue weighted by Gasteiger charge is 2.28. The highest BCUT2D eigenvalue weighted by atomic mass is 15.3.